The number of carbonyl (C=O) groups excluding carboxylic acids is 1. The van der Waals surface area contributed by atoms with E-state index in [9.17, 15) is 18.3 Å². The molecule has 7 nitrogen and oxygen atoms in total. The first kappa shape index (κ1) is 21.1. The number of para-hydroxylation sites is 2. The Bertz CT molecular complexity index is 974. The van der Waals surface area contributed by atoms with Gasteiger partial charge in [-0.15, -0.1) is 0 Å². The number of amides is 1. The predicted octanol–water partition coefficient (Wildman–Crippen LogP) is 2.43. The number of nitrogens with one attached hydrogen (secondary N) is 1. The molecule has 0 radical (unpaired) electrons. The van der Waals surface area contributed by atoms with Crippen LogP contribution in [-0.2, 0) is 10.0 Å². The normalized spacial score (nSPS) is 15.4. The summed E-state index contributed by atoms with van der Waals surface area (Å²) in [6.07, 6.45) is 0. The van der Waals surface area contributed by atoms with E-state index in [2.05, 4.69) is 4.72 Å². The Kier molecular flexibility index (Phi) is 5.86. The average molecular weight is 418 g/mol. The van der Waals surface area contributed by atoms with Crippen molar-refractivity contribution < 1.29 is 18.3 Å². The quantitative estimate of drug-likeness (QED) is 0.798. The molecule has 3 rings (SSSR count). The molecule has 0 unspecified atom stereocenters. The molecule has 1 aliphatic heterocycles. The minimum absolute atomic E-state index is 0.130. The molecule has 0 aliphatic carbocycles. The summed E-state index contributed by atoms with van der Waals surface area (Å²) >= 11 is 0. The molecule has 8 heteroatoms. The van der Waals surface area contributed by atoms with E-state index < -0.39 is 15.6 Å². The maximum Gasteiger partial charge on any atom is 0.253 e. The molecule has 0 aromatic heterocycles. The number of phenols is 1. The summed E-state index contributed by atoms with van der Waals surface area (Å²) in [5, 5.41) is 10.0. The van der Waals surface area contributed by atoms with Gasteiger partial charge in [-0.05, 0) is 57.2 Å². The third kappa shape index (κ3) is 5.07. The molecule has 2 N–H and O–H groups in total. The Balaban J connectivity index is 1.65. The number of hydrogen-bond acceptors (Lipinski definition) is 5. The van der Waals surface area contributed by atoms with Crippen LogP contribution in [0.25, 0.3) is 0 Å². The summed E-state index contributed by atoms with van der Waals surface area (Å²) < 4.78 is 27.4. The van der Waals surface area contributed by atoms with Gasteiger partial charge in [-0.2, -0.15) is 0 Å². The second kappa shape index (κ2) is 8.04. The molecule has 1 amide bonds. The van der Waals surface area contributed by atoms with E-state index in [1.165, 1.54) is 12.1 Å². The lowest BCUT2D eigenvalue weighted by molar-refractivity contribution is 0.0746. The van der Waals surface area contributed by atoms with Gasteiger partial charge in [0.2, 0.25) is 10.0 Å². The number of rotatable bonds is 4. The minimum Gasteiger partial charge on any atom is -0.506 e. The highest BCUT2D eigenvalue weighted by Gasteiger charge is 2.25. The van der Waals surface area contributed by atoms with Crippen LogP contribution in [0.2, 0.25) is 0 Å². The fourth-order valence-corrected chi connectivity index (χ4v) is 4.72. The molecule has 156 valence electrons. The van der Waals surface area contributed by atoms with Crippen LogP contribution in [0.15, 0.2) is 53.4 Å². The van der Waals surface area contributed by atoms with E-state index in [1.807, 2.05) is 17.0 Å². The highest BCUT2D eigenvalue weighted by molar-refractivity contribution is 7.89. The topological polar surface area (TPSA) is 90.0 Å². The maximum absolute atomic E-state index is 12.8. The number of piperazine rings is 1. The predicted molar refractivity (Wildman–Crippen MR) is 113 cm³/mol. The average Bonchev–Trinajstić information content (AvgIpc) is 2.66. The van der Waals surface area contributed by atoms with E-state index in [0.717, 1.165) is 5.69 Å². The van der Waals surface area contributed by atoms with Crippen LogP contribution in [0.4, 0.5) is 5.69 Å². The van der Waals surface area contributed by atoms with E-state index >= 15 is 0 Å². The van der Waals surface area contributed by atoms with Crippen molar-refractivity contribution in [2.45, 2.75) is 31.2 Å². The van der Waals surface area contributed by atoms with Crippen LogP contribution in [0, 0.1) is 0 Å². The van der Waals surface area contributed by atoms with E-state index in [0.29, 0.717) is 31.7 Å². The molecule has 29 heavy (non-hydrogen) atoms. The van der Waals surface area contributed by atoms with Crippen molar-refractivity contribution >= 4 is 21.6 Å². The van der Waals surface area contributed by atoms with Gasteiger partial charge in [-0.1, -0.05) is 12.1 Å². The zero-order valence-corrected chi connectivity index (χ0v) is 17.7. The van der Waals surface area contributed by atoms with Gasteiger partial charge in [0.05, 0.1) is 10.6 Å². The second-order valence-corrected chi connectivity index (χ2v) is 9.83. The van der Waals surface area contributed by atoms with E-state index in [1.54, 1.807) is 49.9 Å². The standard InChI is InChI=1S/C21H27N3O4S/c1-21(2,3)22-29(27,28)17-10-8-16(9-11-17)20(26)24-14-12-23(13-15-24)18-6-4-5-7-19(18)25/h4-11,22,25H,12-15H2,1-3H3. The smallest absolute Gasteiger partial charge is 0.253 e. The maximum atomic E-state index is 12.8. The fraction of sp³-hybridized carbons (Fsp3) is 0.381. The summed E-state index contributed by atoms with van der Waals surface area (Å²) in [5.74, 6) is 0.0996. The first-order chi connectivity index (χ1) is 13.6. The first-order valence-electron chi connectivity index (χ1n) is 9.53. The number of sulfonamides is 1. The minimum atomic E-state index is -3.63. The third-order valence-corrected chi connectivity index (χ3v) is 6.42. The summed E-state index contributed by atoms with van der Waals surface area (Å²) in [5.41, 5.74) is 0.636. The van der Waals surface area contributed by atoms with E-state index in [4.69, 9.17) is 0 Å². The number of benzene rings is 2. The van der Waals surface area contributed by atoms with Crippen molar-refractivity contribution in [1.29, 1.82) is 0 Å². The van der Waals surface area contributed by atoms with Gasteiger partial charge in [0.1, 0.15) is 5.75 Å². The van der Waals surface area contributed by atoms with Crippen molar-refractivity contribution in [3.8, 4) is 5.75 Å². The number of carbonyl (C=O) groups is 1. The molecule has 0 atom stereocenters. The molecule has 2 aromatic carbocycles. The Hall–Kier alpha value is -2.58. The van der Waals surface area contributed by atoms with Gasteiger partial charge < -0.3 is 14.9 Å². The van der Waals surface area contributed by atoms with Gasteiger partial charge in [0.25, 0.3) is 5.91 Å². The van der Waals surface area contributed by atoms with Gasteiger partial charge in [-0.3, -0.25) is 4.79 Å². The van der Waals surface area contributed by atoms with Gasteiger partial charge >= 0.3 is 0 Å². The third-order valence-electron chi connectivity index (χ3n) is 4.64. The summed E-state index contributed by atoms with van der Waals surface area (Å²) in [7, 11) is -3.63. The number of nitrogens with zero attached hydrogens (tertiary/aromatic N) is 2. The molecular formula is C21H27N3O4S. The van der Waals surface area contributed by atoms with Gasteiger partial charge in [0, 0.05) is 37.3 Å². The zero-order chi connectivity index (χ0) is 21.2. The molecule has 1 aliphatic rings. The number of anilines is 1. The molecule has 0 spiro atoms. The molecule has 0 saturated carbocycles. The molecule has 2 aromatic rings. The van der Waals surface area contributed by atoms with Gasteiger partial charge in [0.15, 0.2) is 0 Å². The summed E-state index contributed by atoms with van der Waals surface area (Å²) in [4.78, 5) is 16.7. The molecular weight excluding hydrogens is 390 g/mol. The van der Waals surface area contributed by atoms with Crippen molar-refractivity contribution in [2.75, 3.05) is 31.1 Å². The van der Waals surface area contributed by atoms with Crippen molar-refractivity contribution in [2.24, 2.45) is 0 Å². The summed E-state index contributed by atoms with van der Waals surface area (Å²) in [6.45, 7) is 7.61. The Morgan fingerprint density at radius 1 is 0.966 bits per heavy atom. The van der Waals surface area contributed by atoms with Gasteiger partial charge in [-0.25, -0.2) is 13.1 Å². The SMILES string of the molecule is CC(C)(C)NS(=O)(=O)c1ccc(C(=O)N2CCN(c3ccccc3O)CC2)cc1. The largest absolute Gasteiger partial charge is 0.506 e. The molecule has 1 fully saturated rings. The zero-order valence-electron chi connectivity index (χ0n) is 16.9. The fourth-order valence-electron chi connectivity index (χ4n) is 3.30. The van der Waals surface area contributed by atoms with Crippen molar-refractivity contribution in [3.63, 3.8) is 0 Å². The number of aromatic hydroxyl groups is 1. The van der Waals surface area contributed by atoms with Crippen molar-refractivity contribution in [1.82, 2.24) is 9.62 Å². The molecule has 1 saturated heterocycles. The molecule has 1 heterocycles. The van der Waals surface area contributed by atoms with Crippen LogP contribution >= 0.6 is 0 Å². The van der Waals surface area contributed by atoms with Crippen LogP contribution in [-0.4, -0.2) is 56.0 Å². The second-order valence-electron chi connectivity index (χ2n) is 8.15. The number of hydrogen-bond donors (Lipinski definition) is 2. The van der Waals surface area contributed by atoms with Crippen LogP contribution < -0.4 is 9.62 Å². The highest BCUT2D eigenvalue weighted by Crippen LogP contribution is 2.27. The van der Waals surface area contributed by atoms with Crippen LogP contribution in [0.3, 0.4) is 0 Å². The Labute approximate surface area is 172 Å². The van der Waals surface area contributed by atoms with Crippen molar-refractivity contribution in [3.05, 3.63) is 54.1 Å². The highest BCUT2D eigenvalue weighted by atomic mass is 32.2. The first-order valence-corrected chi connectivity index (χ1v) is 11.0. The summed E-state index contributed by atoms with van der Waals surface area (Å²) in [6, 6.07) is 13.2. The Morgan fingerprint density at radius 3 is 2.10 bits per heavy atom. The van der Waals surface area contributed by atoms with E-state index in [-0.39, 0.29) is 16.6 Å². The lowest BCUT2D eigenvalue weighted by Gasteiger charge is -2.36. The number of phenolic OH excluding ortho intramolecular Hbond substituents is 1. The van der Waals surface area contributed by atoms with Crippen LogP contribution in [0.1, 0.15) is 31.1 Å². The monoisotopic (exact) mass is 417 g/mol. The Morgan fingerprint density at radius 2 is 1.55 bits per heavy atom. The lowest BCUT2D eigenvalue weighted by atomic mass is 10.1. The molecule has 0 bridgehead atoms. The lowest BCUT2D eigenvalue weighted by Crippen LogP contribution is -2.48. The van der Waals surface area contributed by atoms with Crippen LogP contribution in [0.5, 0.6) is 5.75 Å².